The van der Waals surface area contributed by atoms with E-state index in [1.165, 1.54) is 22.2 Å². The second-order valence-electron chi connectivity index (χ2n) is 4.75. The number of thiophene rings is 1. The second kappa shape index (κ2) is 4.41. The van der Waals surface area contributed by atoms with Gasteiger partial charge in [0.2, 0.25) is 5.91 Å². The lowest BCUT2D eigenvalue weighted by molar-refractivity contribution is -0.143. The predicted molar refractivity (Wildman–Crippen MR) is 71.6 cm³/mol. The zero-order valence-corrected chi connectivity index (χ0v) is 11.1. The number of rotatable bonds is 4. The highest BCUT2D eigenvalue weighted by atomic mass is 32.1. The fourth-order valence-corrected chi connectivity index (χ4v) is 2.71. The van der Waals surface area contributed by atoms with E-state index in [-0.39, 0.29) is 12.1 Å². The van der Waals surface area contributed by atoms with Gasteiger partial charge in [-0.2, -0.15) is 0 Å². The number of carboxylic acids is 1. The van der Waals surface area contributed by atoms with Crippen molar-refractivity contribution in [3.05, 3.63) is 28.1 Å². The Morgan fingerprint density at radius 3 is 2.90 bits per heavy atom. The number of nitrogens with zero attached hydrogens (tertiary/aromatic N) is 2. The lowest BCUT2D eigenvalue weighted by atomic mass is 10.3. The molecule has 104 valence electrons. The van der Waals surface area contributed by atoms with E-state index in [0.717, 1.165) is 0 Å². The number of hydrogen-bond acceptors (Lipinski definition) is 5. The Labute approximate surface area is 116 Å². The molecule has 2 aromatic heterocycles. The smallest absolute Gasteiger partial charge is 0.329 e. The summed E-state index contributed by atoms with van der Waals surface area (Å²) in [7, 11) is 0. The molecule has 0 aromatic carbocycles. The highest BCUT2D eigenvalue weighted by Crippen LogP contribution is 2.35. The molecule has 0 radical (unpaired) electrons. The molecule has 2 heterocycles. The molecule has 0 spiro atoms. The first-order chi connectivity index (χ1) is 9.52. The monoisotopic (exact) mass is 293 g/mol. The Bertz CT molecular complexity index is 759. The van der Waals surface area contributed by atoms with Crippen molar-refractivity contribution < 1.29 is 14.7 Å². The van der Waals surface area contributed by atoms with Crippen molar-refractivity contribution in [3.63, 3.8) is 0 Å². The summed E-state index contributed by atoms with van der Waals surface area (Å²) >= 11 is 1.35. The zero-order chi connectivity index (χ0) is 14.3. The molecule has 20 heavy (non-hydrogen) atoms. The minimum absolute atomic E-state index is 0.230. The number of carboxylic acid groups (broad SMARTS) is 1. The van der Waals surface area contributed by atoms with Gasteiger partial charge in [0.1, 0.15) is 16.9 Å². The molecular formula is C12H11N3O4S. The van der Waals surface area contributed by atoms with Gasteiger partial charge in [-0.3, -0.25) is 14.2 Å². The van der Waals surface area contributed by atoms with Crippen LogP contribution >= 0.6 is 11.3 Å². The standard InChI is InChI=1S/C12H11N3O4S/c16-8(14-12(2-3-12)11(18)19)5-15-6-13-9-7(10(15)17)1-4-20-9/h1,4,6H,2-3,5H2,(H,14,16)(H,18,19). The van der Waals surface area contributed by atoms with Gasteiger partial charge in [0.15, 0.2) is 0 Å². The number of aromatic nitrogens is 2. The number of carbonyl (C=O) groups is 2. The third-order valence-electron chi connectivity index (χ3n) is 3.30. The van der Waals surface area contributed by atoms with Gasteiger partial charge in [-0.15, -0.1) is 11.3 Å². The normalized spacial score (nSPS) is 16.0. The first-order valence-corrected chi connectivity index (χ1v) is 6.87. The van der Waals surface area contributed by atoms with Crippen molar-refractivity contribution >= 4 is 33.4 Å². The Morgan fingerprint density at radius 1 is 1.50 bits per heavy atom. The molecule has 0 aliphatic heterocycles. The van der Waals surface area contributed by atoms with Crippen molar-refractivity contribution in [3.8, 4) is 0 Å². The zero-order valence-electron chi connectivity index (χ0n) is 10.3. The minimum Gasteiger partial charge on any atom is -0.480 e. The number of fused-ring (bicyclic) bond motifs is 1. The quantitative estimate of drug-likeness (QED) is 0.838. The van der Waals surface area contributed by atoms with Gasteiger partial charge in [-0.1, -0.05) is 0 Å². The number of carbonyl (C=O) groups excluding carboxylic acids is 1. The van der Waals surface area contributed by atoms with Crippen LogP contribution in [0.1, 0.15) is 12.8 Å². The van der Waals surface area contributed by atoms with E-state index < -0.39 is 17.4 Å². The van der Waals surface area contributed by atoms with E-state index in [0.29, 0.717) is 23.1 Å². The van der Waals surface area contributed by atoms with E-state index in [9.17, 15) is 14.4 Å². The Hall–Kier alpha value is -2.22. The number of aliphatic carboxylic acids is 1. The molecule has 2 aromatic rings. The number of hydrogen-bond donors (Lipinski definition) is 2. The first kappa shape index (κ1) is 12.8. The Balaban J connectivity index is 1.79. The van der Waals surface area contributed by atoms with E-state index in [2.05, 4.69) is 10.3 Å². The van der Waals surface area contributed by atoms with Crippen LogP contribution in [-0.2, 0) is 16.1 Å². The Kier molecular flexibility index (Phi) is 2.82. The lowest BCUT2D eigenvalue weighted by Gasteiger charge is -2.12. The summed E-state index contributed by atoms with van der Waals surface area (Å²) in [4.78, 5) is 39.6. The van der Waals surface area contributed by atoms with Crippen LogP contribution in [0, 0.1) is 0 Å². The van der Waals surface area contributed by atoms with Crippen LogP contribution < -0.4 is 10.9 Å². The molecule has 7 nitrogen and oxygen atoms in total. The molecule has 0 unspecified atom stereocenters. The average Bonchev–Trinajstić information content (AvgIpc) is 3.01. The molecule has 1 aliphatic carbocycles. The maximum atomic E-state index is 12.1. The minimum atomic E-state index is -1.14. The van der Waals surface area contributed by atoms with Crippen molar-refractivity contribution in [1.82, 2.24) is 14.9 Å². The van der Waals surface area contributed by atoms with Crippen LogP contribution in [0.3, 0.4) is 0 Å². The van der Waals surface area contributed by atoms with Gasteiger partial charge < -0.3 is 10.4 Å². The third-order valence-corrected chi connectivity index (χ3v) is 4.12. The summed E-state index contributed by atoms with van der Waals surface area (Å²) in [6.45, 7) is -0.230. The van der Waals surface area contributed by atoms with Crippen LogP contribution in [0.15, 0.2) is 22.6 Å². The van der Waals surface area contributed by atoms with Crippen molar-refractivity contribution in [2.75, 3.05) is 0 Å². The van der Waals surface area contributed by atoms with E-state index in [4.69, 9.17) is 5.11 Å². The summed E-state index contributed by atoms with van der Waals surface area (Å²) in [5.74, 6) is -1.53. The Morgan fingerprint density at radius 2 is 2.25 bits per heavy atom. The van der Waals surface area contributed by atoms with E-state index >= 15 is 0 Å². The highest BCUT2D eigenvalue weighted by Gasteiger charge is 2.51. The molecule has 0 atom stereocenters. The van der Waals surface area contributed by atoms with Crippen LogP contribution in [0.4, 0.5) is 0 Å². The number of amides is 1. The van der Waals surface area contributed by atoms with Crippen LogP contribution in [0.5, 0.6) is 0 Å². The SMILES string of the molecule is O=C(Cn1cnc2sccc2c1=O)NC1(C(=O)O)CC1. The molecule has 2 N–H and O–H groups in total. The summed E-state index contributed by atoms with van der Waals surface area (Å²) in [5.41, 5.74) is -1.44. The molecule has 1 amide bonds. The fraction of sp³-hybridized carbons (Fsp3) is 0.333. The van der Waals surface area contributed by atoms with Gasteiger partial charge in [0, 0.05) is 0 Å². The van der Waals surface area contributed by atoms with Gasteiger partial charge in [-0.05, 0) is 24.3 Å². The summed E-state index contributed by atoms with van der Waals surface area (Å²) in [6.07, 6.45) is 2.15. The van der Waals surface area contributed by atoms with Crippen LogP contribution in [0.2, 0.25) is 0 Å². The molecule has 0 saturated heterocycles. The largest absolute Gasteiger partial charge is 0.480 e. The average molecular weight is 293 g/mol. The predicted octanol–water partition coefficient (Wildman–Crippen LogP) is 0.191. The second-order valence-corrected chi connectivity index (χ2v) is 5.65. The molecule has 0 bridgehead atoms. The van der Waals surface area contributed by atoms with Crippen molar-refractivity contribution in [2.24, 2.45) is 0 Å². The molecule has 8 heteroatoms. The number of nitrogens with one attached hydrogen (secondary N) is 1. The lowest BCUT2D eigenvalue weighted by Crippen LogP contribution is -2.45. The fourth-order valence-electron chi connectivity index (χ4n) is 1.98. The van der Waals surface area contributed by atoms with E-state index in [1.54, 1.807) is 11.4 Å². The summed E-state index contributed by atoms with van der Waals surface area (Å²) < 4.78 is 1.18. The molecular weight excluding hydrogens is 282 g/mol. The molecule has 3 rings (SSSR count). The molecule has 1 saturated carbocycles. The maximum Gasteiger partial charge on any atom is 0.329 e. The maximum absolute atomic E-state index is 12.1. The van der Waals surface area contributed by atoms with Crippen molar-refractivity contribution in [2.45, 2.75) is 24.9 Å². The summed E-state index contributed by atoms with van der Waals surface area (Å²) in [5, 5.41) is 13.7. The van der Waals surface area contributed by atoms with Gasteiger partial charge in [-0.25, -0.2) is 9.78 Å². The summed E-state index contributed by atoms with van der Waals surface area (Å²) in [6, 6.07) is 1.66. The van der Waals surface area contributed by atoms with Crippen LogP contribution in [0.25, 0.3) is 10.2 Å². The highest BCUT2D eigenvalue weighted by molar-refractivity contribution is 7.16. The van der Waals surface area contributed by atoms with Crippen molar-refractivity contribution in [1.29, 1.82) is 0 Å². The third kappa shape index (κ3) is 2.07. The van der Waals surface area contributed by atoms with Gasteiger partial charge in [0.05, 0.1) is 11.7 Å². The molecule has 1 fully saturated rings. The topological polar surface area (TPSA) is 101 Å². The molecule has 1 aliphatic rings. The first-order valence-electron chi connectivity index (χ1n) is 5.99. The van der Waals surface area contributed by atoms with Gasteiger partial charge >= 0.3 is 5.97 Å². The van der Waals surface area contributed by atoms with E-state index in [1.807, 2.05) is 0 Å². The van der Waals surface area contributed by atoms with Crippen LogP contribution in [-0.4, -0.2) is 32.1 Å². The van der Waals surface area contributed by atoms with Gasteiger partial charge in [0.25, 0.3) is 5.56 Å².